The molecule has 45 heavy (non-hydrogen) atoms. The first kappa shape index (κ1) is 32.7. The molecule has 0 aliphatic heterocycles. The highest BCUT2D eigenvalue weighted by Gasteiger charge is 2.10. The molecule has 8 heteroatoms. The maximum absolute atomic E-state index is 12.4. The molecule has 0 heterocycles. The van der Waals surface area contributed by atoms with Crippen molar-refractivity contribution >= 4 is 24.4 Å². The fraction of sp³-hybridized carbons (Fsp3) is 0.243. The fourth-order valence-electron chi connectivity index (χ4n) is 3.98. The standard InChI is InChI=1S/C37H38N2O6/c1-3-24-42-32-18-10-30(11-19-32)36(40)44-34-14-6-28(7-15-34)26-38-22-5-23-39-27-29-8-16-35(17-9-29)45-37(41)31-12-20-33(21-13-31)43-25-4-2/h6-21,26-27H,3-5,22-25H2,1-2H3. The van der Waals surface area contributed by atoms with Crippen LogP contribution in [0.2, 0.25) is 0 Å². The molecule has 0 aliphatic carbocycles. The van der Waals surface area contributed by atoms with E-state index in [1.807, 2.05) is 38.1 Å². The van der Waals surface area contributed by atoms with Crippen LogP contribution in [-0.2, 0) is 0 Å². The number of benzene rings is 4. The van der Waals surface area contributed by atoms with E-state index in [1.54, 1.807) is 85.2 Å². The van der Waals surface area contributed by atoms with Gasteiger partial charge in [-0.25, -0.2) is 9.59 Å². The Morgan fingerprint density at radius 2 is 0.889 bits per heavy atom. The molecule has 0 aliphatic rings. The zero-order chi connectivity index (χ0) is 31.7. The van der Waals surface area contributed by atoms with Crippen molar-refractivity contribution in [2.24, 2.45) is 9.98 Å². The summed E-state index contributed by atoms with van der Waals surface area (Å²) in [5.74, 6) is 1.54. The van der Waals surface area contributed by atoms with Gasteiger partial charge >= 0.3 is 11.9 Å². The third kappa shape index (κ3) is 11.1. The number of rotatable bonds is 16. The van der Waals surface area contributed by atoms with Gasteiger partial charge in [0.15, 0.2) is 0 Å². The summed E-state index contributed by atoms with van der Waals surface area (Å²) in [6.45, 7) is 6.62. The Bertz CT molecular complexity index is 1430. The minimum atomic E-state index is -0.422. The zero-order valence-corrected chi connectivity index (χ0v) is 25.7. The van der Waals surface area contributed by atoms with Crippen LogP contribution in [-0.4, -0.2) is 50.7 Å². The van der Waals surface area contributed by atoms with Crippen molar-refractivity contribution in [1.82, 2.24) is 0 Å². The summed E-state index contributed by atoms with van der Waals surface area (Å²) in [5.41, 5.74) is 2.74. The maximum atomic E-state index is 12.4. The van der Waals surface area contributed by atoms with Crippen molar-refractivity contribution in [1.29, 1.82) is 0 Å². The summed E-state index contributed by atoms with van der Waals surface area (Å²) in [7, 11) is 0. The maximum Gasteiger partial charge on any atom is 0.343 e. The van der Waals surface area contributed by atoms with E-state index in [0.29, 0.717) is 48.9 Å². The molecule has 4 aromatic rings. The Balaban J connectivity index is 1.13. The fourth-order valence-corrected chi connectivity index (χ4v) is 3.98. The topological polar surface area (TPSA) is 95.8 Å². The molecule has 0 amide bonds. The summed E-state index contributed by atoms with van der Waals surface area (Å²) < 4.78 is 22.0. The van der Waals surface area contributed by atoms with Crippen LogP contribution in [0.5, 0.6) is 23.0 Å². The van der Waals surface area contributed by atoms with Gasteiger partial charge < -0.3 is 18.9 Å². The van der Waals surface area contributed by atoms with E-state index < -0.39 is 11.9 Å². The number of hydrogen-bond donors (Lipinski definition) is 0. The molecular weight excluding hydrogens is 568 g/mol. The van der Waals surface area contributed by atoms with E-state index in [1.165, 1.54) is 0 Å². The van der Waals surface area contributed by atoms with Crippen LogP contribution in [0, 0.1) is 0 Å². The van der Waals surface area contributed by atoms with Gasteiger partial charge in [-0.2, -0.15) is 0 Å². The third-order valence-corrected chi connectivity index (χ3v) is 6.36. The number of ether oxygens (including phenoxy) is 4. The molecule has 0 spiro atoms. The molecule has 0 fully saturated rings. The van der Waals surface area contributed by atoms with Crippen molar-refractivity contribution < 1.29 is 28.5 Å². The third-order valence-electron chi connectivity index (χ3n) is 6.36. The van der Waals surface area contributed by atoms with Gasteiger partial charge in [0.25, 0.3) is 0 Å². The molecular formula is C37H38N2O6. The normalized spacial score (nSPS) is 11.1. The minimum absolute atomic E-state index is 0.422. The van der Waals surface area contributed by atoms with E-state index in [0.717, 1.165) is 41.9 Å². The first-order valence-electron chi connectivity index (χ1n) is 15.1. The number of carbonyl (C=O) groups is 2. The highest BCUT2D eigenvalue weighted by Crippen LogP contribution is 2.18. The summed E-state index contributed by atoms with van der Waals surface area (Å²) >= 11 is 0. The molecule has 4 rings (SSSR count). The number of aliphatic imine (C=N–C) groups is 2. The molecule has 232 valence electrons. The second-order valence-electron chi connectivity index (χ2n) is 10.1. The summed E-state index contributed by atoms with van der Waals surface area (Å²) in [6, 6.07) is 28.2. The summed E-state index contributed by atoms with van der Waals surface area (Å²) in [5, 5.41) is 0. The average molecular weight is 607 g/mol. The molecule has 0 saturated heterocycles. The Labute approximate surface area is 264 Å². The van der Waals surface area contributed by atoms with Crippen LogP contribution in [0.15, 0.2) is 107 Å². The van der Waals surface area contributed by atoms with Crippen LogP contribution in [0.4, 0.5) is 0 Å². The van der Waals surface area contributed by atoms with Crippen LogP contribution in [0.25, 0.3) is 0 Å². The van der Waals surface area contributed by atoms with Gasteiger partial charge in [-0.15, -0.1) is 0 Å². The Kier molecular flexibility index (Phi) is 12.9. The second kappa shape index (κ2) is 17.8. The van der Waals surface area contributed by atoms with E-state index in [2.05, 4.69) is 9.98 Å². The van der Waals surface area contributed by atoms with Gasteiger partial charge in [-0.1, -0.05) is 13.8 Å². The van der Waals surface area contributed by atoms with E-state index in [9.17, 15) is 9.59 Å². The lowest BCUT2D eigenvalue weighted by Gasteiger charge is -2.07. The second-order valence-corrected chi connectivity index (χ2v) is 10.1. The molecule has 0 radical (unpaired) electrons. The van der Waals surface area contributed by atoms with Gasteiger partial charge in [-0.3, -0.25) is 9.98 Å². The van der Waals surface area contributed by atoms with Gasteiger partial charge in [-0.05, 0) is 127 Å². The molecule has 0 unspecified atom stereocenters. The predicted octanol–water partition coefficient (Wildman–Crippen LogP) is 7.63. The summed E-state index contributed by atoms with van der Waals surface area (Å²) in [4.78, 5) is 33.8. The largest absolute Gasteiger partial charge is 0.494 e. The predicted molar refractivity (Wildman–Crippen MR) is 177 cm³/mol. The van der Waals surface area contributed by atoms with Gasteiger partial charge in [0.1, 0.15) is 23.0 Å². The smallest absolute Gasteiger partial charge is 0.343 e. The highest BCUT2D eigenvalue weighted by molar-refractivity contribution is 5.92. The minimum Gasteiger partial charge on any atom is -0.494 e. The lowest BCUT2D eigenvalue weighted by molar-refractivity contribution is 0.0725. The Hall–Kier alpha value is -5.24. The molecule has 0 bridgehead atoms. The number of hydrogen-bond acceptors (Lipinski definition) is 8. The van der Waals surface area contributed by atoms with Crippen molar-refractivity contribution in [3.63, 3.8) is 0 Å². The van der Waals surface area contributed by atoms with Gasteiger partial charge in [0.2, 0.25) is 0 Å². The SMILES string of the molecule is CCCOc1ccc(C(=O)Oc2ccc(C=NCCCN=Cc3ccc(OC(=O)c4ccc(OCCC)cc4)cc3)cc2)cc1. The number of nitrogens with zero attached hydrogens (tertiary/aromatic N) is 2. The highest BCUT2D eigenvalue weighted by atomic mass is 16.5. The van der Waals surface area contributed by atoms with Crippen LogP contribution < -0.4 is 18.9 Å². The lowest BCUT2D eigenvalue weighted by Crippen LogP contribution is -2.08. The van der Waals surface area contributed by atoms with Crippen molar-refractivity contribution in [3.8, 4) is 23.0 Å². The summed E-state index contributed by atoms with van der Waals surface area (Å²) in [6.07, 6.45) is 6.22. The van der Waals surface area contributed by atoms with E-state index in [-0.39, 0.29) is 0 Å². The molecule has 0 N–H and O–H groups in total. The van der Waals surface area contributed by atoms with Crippen LogP contribution in [0.1, 0.15) is 65.0 Å². The van der Waals surface area contributed by atoms with Crippen molar-refractivity contribution in [2.75, 3.05) is 26.3 Å². The number of carbonyl (C=O) groups excluding carboxylic acids is 2. The zero-order valence-electron chi connectivity index (χ0n) is 25.7. The monoisotopic (exact) mass is 606 g/mol. The molecule has 4 aromatic carbocycles. The average Bonchev–Trinajstić information content (AvgIpc) is 3.07. The molecule has 0 saturated carbocycles. The Morgan fingerprint density at radius 1 is 0.533 bits per heavy atom. The van der Waals surface area contributed by atoms with Crippen molar-refractivity contribution in [3.05, 3.63) is 119 Å². The molecule has 0 aromatic heterocycles. The quantitative estimate of drug-likeness (QED) is 0.0563. The number of esters is 2. The van der Waals surface area contributed by atoms with Crippen LogP contribution >= 0.6 is 0 Å². The van der Waals surface area contributed by atoms with Crippen LogP contribution in [0.3, 0.4) is 0 Å². The van der Waals surface area contributed by atoms with Crippen molar-refractivity contribution in [2.45, 2.75) is 33.1 Å². The molecule has 0 atom stereocenters. The molecule has 8 nitrogen and oxygen atoms in total. The van der Waals surface area contributed by atoms with Gasteiger partial charge in [0, 0.05) is 25.5 Å². The van der Waals surface area contributed by atoms with E-state index >= 15 is 0 Å². The lowest BCUT2D eigenvalue weighted by atomic mass is 10.2. The first-order valence-corrected chi connectivity index (χ1v) is 15.1. The first-order chi connectivity index (χ1) is 22.0. The van der Waals surface area contributed by atoms with E-state index in [4.69, 9.17) is 18.9 Å². The Morgan fingerprint density at radius 3 is 1.24 bits per heavy atom. The van der Waals surface area contributed by atoms with Gasteiger partial charge in [0.05, 0.1) is 24.3 Å².